The normalized spacial score (nSPS) is 12.0. The van der Waals surface area contributed by atoms with E-state index in [0.29, 0.717) is 11.4 Å². The molecule has 0 aliphatic carbocycles. The van der Waals surface area contributed by atoms with Gasteiger partial charge in [0.15, 0.2) is 5.69 Å². The molecule has 2 aromatic carbocycles. The third kappa shape index (κ3) is 3.40. The maximum absolute atomic E-state index is 13.0. The molecule has 3 aromatic rings. The van der Waals surface area contributed by atoms with Gasteiger partial charge in [-0.3, -0.25) is 9.89 Å². The number of aromatic nitrogens is 2. The second-order valence-corrected chi connectivity index (χ2v) is 5.40. The Morgan fingerprint density at radius 3 is 2.36 bits per heavy atom. The van der Waals surface area contributed by atoms with Crippen LogP contribution in [0, 0.1) is 6.92 Å². The molecule has 0 aliphatic heterocycles. The van der Waals surface area contributed by atoms with Crippen molar-refractivity contribution in [3.63, 3.8) is 0 Å². The van der Waals surface area contributed by atoms with Crippen LogP contribution in [0.15, 0.2) is 64.4 Å². The number of rotatable bonds is 3. The van der Waals surface area contributed by atoms with Gasteiger partial charge >= 0.3 is 6.18 Å². The molecule has 0 amide bonds. The summed E-state index contributed by atoms with van der Waals surface area (Å²) in [5.41, 5.74) is -0.163. The lowest BCUT2D eigenvalue weighted by molar-refractivity contribution is -0.137. The third-order valence-electron chi connectivity index (χ3n) is 3.65. The molecule has 25 heavy (non-hydrogen) atoms. The molecule has 0 spiro atoms. The van der Waals surface area contributed by atoms with Gasteiger partial charge in [0.2, 0.25) is 0 Å². The summed E-state index contributed by atoms with van der Waals surface area (Å²) in [6.45, 7) is 1.64. The number of aliphatic imine (C=N–C) groups is 1. The number of aryl methyl sites for hydroxylation is 1. The van der Waals surface area contributed by atoms with Crippen molar-refractivity contribution in [3.8, 4) is 5.69 Å². The molecule has 128 valence electrons. The van der Waals surface area contributed by atoms with Crippen LogP contribution in [-0.2, 0) is 6.18 Å². The number of halogens is 3. The van der Waals surface area contributed by atoms with E-state index >= 15 is 0 Å². The van der Waals surface area contributed by atoms with Crippen molar-refractivity contribution in [2.24, 2.45) is 4.99 Å². The van der Waals surface area contributed by atoms with Crippen LogP contribution >= 0.6 is 0 Å². The predicted octanol–water partition coefficient (Wildman–Crippen LogP) is 4.24. The van der Waals surface area contributed by atoms with Crippen molar-refractivity contribution in [3.05, 3.63) is 81.8 Å². The summed E-state index contributed by atoms with van der Waals surface area (Å²) in [5, 5.41) is 2.88. The lowest BCUT2D eigenvalue weighted by atomic mass is 10.1. The molecule has 7 heteroatoms. The molecule has 1 N–H and O–H groups in total. The molecule has 0 saturated carbocycles. The Balaban J connectivity index is 2.02. The van der Waals surface area contributed by atoms with E-state index in [1.54, 1.807) is 31.2 Å². The van der Waals surface area contributed by atoms with Gasteiger partial charge in [0.25, 0.3) is 5.56 Å². The number of hydrogen-bond donors (Lipinski definition) is 1. The second kappa shape index (κ2) is 6.43. The molecule has 1 aromatic heterocycles. The maximum atomic E-state index is 13.0. The van der Waals surface area contributed by atoms with Gasteiger partial charge in [-0.15, -0.1) is 0 Å². The minimum absolute atomic E-state index is 0.0702. The summed E-state index contributed by atoms with van der Waals surface area (Å²) in [6, 6.07) is 13.9. The van der Waals surface area contributed by atoms with Crippen LogP contribution in [0.1, 0.15) is 16.8 Å². The van der Waals surface area contributed by atoms with Crippen LogP contribution in [0.2, 0.25) is 0 Å². The van der Waals surface area contributed by atoms with Crippen LogP contribution in [0.25, 0.3) is 5.69 Å². The van der Waals surface area contributed by atoms with Crippen molar-refractivity contribution in [1.82, 2.24) is 9.78 Å². The van der Waals surface area contributed by atoms with Gasteiger partial charge in [0, 0.05) is 11.8 Å². The van der Waals surface area contributed by atoms with Gasteiger partial charge in [-0.2, -0.15) is 13.2 Å². The number of aromatic amines is 1. The van der Waals surface area contributed by atoms with Gasteiger partial charge in [-0.05, 0) is 25.1 Å². The average Bonchev–Trinajstić information content (AvgIpc) is 2.87. The fraction of sp³-hybridized carbons (Fsp3) is 0.111. The van der Waals surface area contributed by atoms with E-state index in [9.17, 15) is 18.0 Å². The SMILES string of the molecule is Cc1[nH]n(-c2ccccc2)c(=O)c1N=Cc1ccccc1C(F)(F)F. The van der Waals surface area contributed by atoms with Crippen LogP contribution < -0.4 is 5.56 Å². The minimum atomic E-state index is -4.49. The molecule has 0 saturated heterocycles. The van der Waals surface area contributed by atoms with Gasteiger partial charge in [-0.25, -0.2) is 9.67 Å². The molecular formula is C18H14F3N3O. The standard InChI is InChI=1S/C18H14F3N3O/c1-12-16(17(25)24(23-12)14-8-3-2-4-9-14)22-11-13-7-5-6-10-15(13)18(19,20)21/h2-11,23H,1H3. The number of nitrogens with one attached hydrogen (secondary N) is 1. The number of benzene rings is 2. The van der Waals surface area contributed by atoms with Gasteiger partial charge in [0.05, 0.1) is 16.9 Å². The zero-order valence-electron chi connectivity index (χ0n) is 13.2. The summed E-state index contributed by atoms with van der Waals surface area (Å²) in [6.07, 6.45) is -3.42. The summed E-state index contributed by atoms with van der Waals surface area (Å²) < 4.78 is 40.4. The fourth-order valence-electron chi connectivity index (χ4n) is 2.45. The van der Waals surface area contributed by atoms with E-state index in [2.05, 4.69) is 10.1 Å². The topological polar surface area (TPSA) is 50.1 Å². The Bertz CT molecular complexity index is 969. The highest BCUT2D eigenvalue weighted by Crippen LogP contribution is 2.31. The monoisotopic (exact) mass is 345 g/mol. The number of nitrogens with zero attached hydrogens (tertiary/aromatic N) is 2. The average molecular weight is 345 g/mol. The van der Waals surface area contributed by atoms with E-state index in [1.165, 1.54) is 22.9 Å². The molecule has 0 atom stereocenters. The molecule has 0 unspecified atom stereocenters. The van der Waals surface area contributed by atoms with E-state index in [1.807, 2.05) is 6.07 Å². The Kier molecular flexibility index (Phi) is 4.31. The highest BCUT2D eigenvalue weighted by molar-refractivity contribution is 5.84. The lowest BCUT2D eigenvalue weighted by Crippen LogP contribution is -2.14. The maximum Gasteiger partial charge on any atom is 0.417 e. The Morgan fingerprint density at radius 2 is 1.68 bits per heavy atom. The predicted molar refractivity (Wildman–Crippen MR) is 89.8 cm³/mol. The van der Waals surface area contributed by atoms with Crippen LogP contribution in [0.4, 0.5) is 18.9 Å². The highest BCUT2D eigenvalue weighted by atomic mass is 19.4. The first kappa shape index (κ1) is 16.8. The zero-order valence-corrected chi connectivity index (χ0v) is 13.2. The van der Waals surface area contributed by atoms with Crippen molar-refractivity contribution < 1.29 is 13.2 Å². The van der Waals surface area contributed by atoms with Crippen molar-refractivity contribution in [1.29, 1.82) is 0 Å². The van der Waals surface area contributed by atoms with Crippen LogP contribution in [0.3, 0.4) is 0 Å². The number of para-hydroxylation sites is 1. The third-order valence-corrected chi connectivity index (χ3v) is 3.65. The Morgan fingerprint density at radius 1 is 1.04 bits per heavy atom. The van der Waals surface area contributed by atoms with Gasteiger partial charge < -0.3 is 0 Å². The van der Waals surface area contributed by atoms with Crippen LogP contribution in [-0.4, -0.2) is 16.0 Å². The van der Waals surface area contributed by atoms with E-state index in [-0.39, 0.29) is 11.3 Å². The van der Waals surface area contributed by atoms with Crippen molar-refractivity contribution in [2.75, 3.05) is 0 Å². The number of alkyl halides is 3. The summed E-state index contributed by atoms with van der Waals surface area (Å²) >= 11 is 0. The molecule has 0 fully saturated rings. The Labute approximate surface area is 141 Å². The molecule has 0 radical (unpaired) electrons. The minimum Gasteiger partial charge on any atom is -0.293 e. The number of hydrogen-bond acceptors (Lipinski definition) is 2. The van der Waals surface area contributed by atoms with Gasteiger partial charge in [0.1, 0.15) is 0 Å². The molecule has 3 rings (SSSR count). The number of H-pyrrole nitrogens is 1. The highest BCUT2D eigenvalue weighted by Gasteiger charge is 2.32. The van der Waals surface area contributed by atoms with Crippen molar-refractivity contribution in [2.45, 2.75) is 13.1 Å². The fourth-order valence-corrected chi connectivity index (χ4v) is 2.45. The first-order valence-electron chi connectivity index (χ1n) is 7.45. The second-order valence-electron chi connectivity index (χ2n) is 5.40. The molecular weight excluding hydrogens is 331 g/mol. The summed E-state index contributed by atoms with van der Waals surface area (Å²) in [4.78, 5) is 16.5. The summed E-state index contributed by atoms with van der Waals surface area (Å²) in [5.74, 6) is 0. The van der Waals surface area contributed by atoms with E-state index in [0.717, 1.165) is 12.3 Å². The van der Waals surface area contributed by atoms with Crippen LogP contribution in [0.5, 0.6) is 0 Å². The summed E-state index contributed by atoms with van der Waals surface area (Å²) in [7, 11) is 0. The van der Waals surface area contributed by atoms with E-state index < -0.39 is 17.3 Å². The van der Waals surface area contributed by atoms with Gasteiger partial charge in [-0.1, -0.05) is 36.4 Å². The smallest absolute Gasteiger partial charge is 0.293 e. The molecule has 0 bridgehead atoms. The Hall–Kier alpha value is -3.09. The molecule has 0 aliphatic rings. The molecule has 4 nitrogen and oxygen atoms in total. The van der Waals surface area contributed by atoms with Crippen molar-refractivity contribution >= 4 is 11.9 Å². The first-order chi connectivity index (χ1) is 11.9. The first-order valence-corrected chi connectivity index (χ1v) is 7.45. The zero-order chi connectivity index (χ0) is 18.0. The quantitative estimate of drug-likeness (QED) is 0.709. The largest absolute Gasteiger partial charge is 0.417 e. The molecule has 1 heterocycles. The lowest BCUT2D eigenvalue weighted by Gasteiger charge is -2.08. The van der Waals surface area contributed by atoms with E-state index in [4.69, 9.17) is 0 Å².